The van der Waals surface area contributed by atoms with Gasteiger partial charge < -0.3 is 14.6 Å². The normalized spacial score (nSPS) is 18.5. The van der Waals surface area contributed by atoms with Crippen LogP contribution in [-0.4, -0.2) is 50.8 Å². The molecule has 9 heteroatoms. The van der Waals surface area contributed by atoms with E-state index in [1.807, 2.05) is 6.92 Å². The minimum absolute atomic E-state index is 0.0394. The fraction of sp³-hybridized carbons (Fsp3) is 0.381. The molecule has 1 N–H and O–H groups in total. The summed E-state index contributed by atoms with van der Waals surface area (Å²) in [4.78, 5) is 39.1. The van der Waals surface area contributed by atoms with E-state index >= 15 is 0 Å². The largest absolute Gasteiger partial charge is 0.435 e. The number of carbonyl (C=O) groups excluding carboxylic acids is 2. The predicted octanol–water partition coefficient (Wildman–Crippen LogP) is 3.46. The van der Waals surface area contributed by atoms with Crippen molar-refractivity contribution < 1.29 is 14.0 Å². The van der Waals surface area contributed by atoms with E-state index in [4.69, 9.17) is 16.0 Å². The number of oxazole rings is 1. The molecule has 3 aromatic rings. The van der Waals surface area contributed by atoms with Crippen LogP contribution in [0.3, 0.4) is 0 Å². The molecular formula is C21H22ClN5O3. The van der Waals surface area contributed by atoms with Gasteiger partial charge >= 0.3 is 0 Å². The lowest BCUT2D eigenvalue weighted by Gasteiger charge is -2.24. The first-order chi connectivity index (χ1) is 14.4. The molecule has 1 aromatic carbocycles. The topological polar surface area (TPSA) is 101 Å². The summed E-state index contributed by atoms with van der Waals surface area (Å²) in [5, 5.41) is 3.56. The maximum Gasteiger partial charge on any atom is 0.274 e. The zero-order chi connectivity index (χ0) is 21.3. The molecule has 1 aliphatic carbocycles. The van der Waals surface area contributed by atoms with Gasteiger partial charge in [0.25, 0.3) is 5.91 Å². The third kappa shape index (κ3) is 4.14. The first-order valence-electron chi connectivity index (χ1n) is 9.89. The Morgan fingerprint density at radius 2 is 2.10 bits per heavy atom. The van der Waals surface area contributed by atoms with E-state index in [0.717, 1.165) is 19.3 Å². The lowest BCUT2D eigenvalue weighted by molar-refractivity contribution is -0.121. The number of nitrogens with zero attached hydrogens (tertiary/aromatic N) is 4. The number of hydrogen-bond donors (Lipinski definition) is 1. The van der Waals surface area contributed by atoms with Gasteiger partial charge in [-0.25, -0.2) is 15.0 Å². The summed E-state index contributed by atoms with van der Waals surface area (Å²) in [6, 6.07) is 5.36. The van der Waals surface area contributed by atoms with Crippen LogP contribution >= 0.6 is 11.6 Å². The number of hydrogen-bond acceptors (Lipinski definition) is 6. The number of rotatable bonds is 5. The number of fused-ring (bicyclic) bond motifs is 1. The highest BCUT2D eigenvalue weighted by atomic mass is 35.5. The van der Waals surface area contributed by atoms with Crippen LogP contribution in [0.1, 0.15) is 43.1 Å². The highest BCUT2D eigenvalue weighted by Crippen LogP contribution is 2.26. The molecule has 0 spiro atoms. The molecule has 8 nitrogen and oxygen atoms in total. The Morgan fingerprint density at radius 1 is 1.27 bits per heavy atom. The molecule has 4 rings (SSSR count). The lowest BCUT2D eigenvalue weighted by Crippen LogP contribution is -2.38. The fourth-order valence-electron chi connectivity index (χ4n) is 3.67. The van der Waals surface area contributed by atoms with E-state index in [2.05, 4.69) is 20.3 Å². The summed E-state index contributed by atoms with van der Waals surface area (Å²) < 4.78 is 5.69. The maximum atomic E-state index is 12.8. The van der Waals surface area contributed by atoms with Gasteiger partial charge in [-0.05, 0) is 31.4 Å². The van der Waals surface area contributed by atoms with E-state index in [1.54, 1.807) is 30.1 Å². The van der Waals surface area contributed by atoms with E-state index in [0.29, 0.717) is 34.1 Å². The second-order valence-corrected chi connectivity index (χ2v) is 7.86. The first-order valence-corrected chi connectivity index (χ1v) is 10.3. The highest BCUT2D eigenvalue weighted by molar-refractivity contribution is 6.31. The molecule has 0 unspecified atom stereocenters. The monoisotopic (exact) mass is 427 g/mol. The van der Waals surface area contributed by atoms with Crippen LogP contribution in [0, 0.1) is 0 Å². The molecule has 156 valence electrons. The van der Waals surface area contributed by atoms with Gasteiger partial charge in [0.15, 0.2) is 5.58 Å². The van der Waals surface area contributed by atoms with Crippen molar-refractivity contribution in [3.8, 4) is 11.6 Å². The molecule has 2 aromatic heterocycles. The first kappa shape index (κ1) is 20.3. The zero-order valence-electron chi connectivity index (χ0n) is 16.8. The molecule has 2 heterocycles. The van der Waals surface area contributed by atoms with Gasteiger partial charge in [-0.2, -0.15) is 0 Å². The van der Waals surface area contributed by atoms with Crippen LogP contribution in [0.2, 0.25) is 5.02 Å². The van der Waals surface area contributed by atoms with E-state index in [9.17, 15) is 9.59 Å². The van der Waals surface area contributed by atoms with Gasteiger partial charge in [-0.3, -0.25) is 9.59 Å². The van der Waals surface area contributed by atoms with Crippen molar-refractivity contribution in [1.29, 1.82) is 0 Å². The Bertz CT molecular complexity index is 1080. The molecule has 0 radical (unpaired) electrons. The Hall–Kier alpha value is -3.00. The van der Waals surface area contributed by atoms with Crippen LogP contribution < -0.4 is 5.32 Å². The number of nitrogens with one attached hydrogen (secondary N) is 1. The van der Waals surface area contributed by atoms with Crippen molar-refractivity contribution in [1.82, 2.24) is 25.2 Å². The summed E-state index contributed by atoms with van der Waals surface area (Å²) in [5.74, 6) is 0.154. The number of carbonyl (C=O) groups is 2. The minimum Gasteiger partial charge on any atom is -0.435 e. The van der Waals surface area contributed by atoms with Crippen LogP contribution in [0.4, 0.5) is 0 Å². The van der Waals surface area contributed by atoms with Gasteiger partial charge in [0.2, 0.25) is 11.8 Å². The quantitative estimate of drug-likeness (QED) is 0.669. The number of amides is 2. The second-order valence-electron chi connectivity index (χ2n) is 7.42. The third-order valence-electron chi connectivity index (χ3n) is 5.40. The van der Waals surface area contributed by atoms with Crippen molar-refractivity contribution in [3.05, 3.63) is 41.3 Å². The van der Waals surface area contributed by atoms with Gasteiger partial charge in [-0.1, -0.05) is 18.5 Å². The van der Waals surface area contributed by atoms with Crippen molar-refractivity contribution in [2.45, 2.75) is 44.7 Å². The third-order valence-corrected chi connectivity index (χ3v) is 5.63. The van der Waals surface area contributed by atoms with E-state index < -0.39 is 0 Å². The average molecular weight is 428 g/mol. The SMILES string of the molecule is CCC(=O)N[C@H]1CC[C@@H](N(C)C(=O)c2cnc(-c3nc4ccc(Cl)cc4o3)cn2)C1. The van der Waals surface area contributed by atoms with Gasteiger partial charge in [0.1, 0.15) is 16.9 Å². The number of halogens is 1. The van der Waals surface area contributed by atoms with Crippen molar-refractivity contribution in [3.63, 3.8) is 0 Å². The summed E-state index contributed by atoms with van der Waals surface area (Å²) >= 11 is 5.98. The van der Waals surface area contributed by atoms with Crippen molar-refractivity contribution in [2.24, 2.45) is 0 Å². The van der Waals surface area contributed by atoms with E-state index in [1.165, 1.54) is 12.4 Å². The Morgan fingerprint density at radius 3 is 2.83 bits per heavy atom. The van der Waals surface area contributed by atoms with Crippen LogP contribution in [0.25, 0.3) is 22.7 Å². The van der Waals surface area contributed by atoms with Crippen LogP contribution in [-0.2, 0) is 4.79 Å². The number of benzene rings is 1. The Labute approximate surface area is 178 Å². The van der Waals surface area contributed by atoms with Crippen molar-refractivity contribution >= 4 is 34.5 Å². The van der Waals surface area contributed by atoms with Crippen LogP contribution in [0.15, 0.2) is 35.0 Å². The highest BCUT2D eigenvalue weighted by Gasteiger charge is 2.31. The predicted molar refractivity (Wildman–Crippen MR) is 112 cm³/mol. The number of aromatic nitrogens is 3. The van der Waals surface area contributed by atoms with Gasteiger partial charge in [-0.15, -0.1) is 0 Å². The molecule has 1 aliphatic rings. The molecule has 1 saturated carbocycles. The smallest absolute Gasteiger partial charge is 0.274 e. The maximum absolute atomic E-state index is 12.8. The average Bonchev–Trinajstić information content (AvgIpc) is 3.39. The molecule has 0 aliphatic heterocycles. The Kier molecular flexibility index (Phi) is 5.67. The summed E-state index contributed by atoms with van der Waals surface area (Å²) in [5.41, 5.74) is 1.92. The van der Waals surface area contributed by atoms with E-state index in [-0.39, 0.29) is 29.6 Å². The minimum atomic E-state index is -0.203. The molecule has 0 bridgehead atoms. The molecule has 1 fully saturated rings. The molecule has 2 amide bonds. The summed E-state index contributed by atoms with van der Waals surface area (Å²) in [6.45, 7) is 1.83. The van der Waals surface area contributed by atoms with Crippen LogP contribution in [0.5, 0.6) is 0 Å². The summed E-state index contributed by atoms with van der Waals surface area (Å²) in [6.07, 6.45) is 5.82. The molecule has 0 saturated heterocycles. The standard InChI is InChI=1S/C21H22ClN5O3/c1-3-19(28)25-13-5-6-14(9-13)27(2)21(29)17-11-23-16(10-24-17)20-26-15-7-4-12(22)8-18(15)30-20/h4,7-8,10-11,13-14H,3,5-6,9H2,1-2H3,(H,25,28)/t13-,14+/m0/s1. The fourth-order valence-corrected chi connectivity index (χ4v) is 3.84. The van der Waals surface area contributed by atoms with Crippen molar-refractivity contribution in [2.75, 3.05) is 7.05 Å². The summed E-state index contributed by atoms with van der Waals surface area (Å²) in [7, 11) is 1.76. The lowest BCUT2D eigenvalue weighted by atomic mass is 10.2. The zero-order valence-corrected chi connectivity index (χ0v) is 17.5. The molecule has 2 atom stereocenters. The molecular weight excluding hydrogens is 406 g/mol. The Balaban J connectivity index is 1.44. The van der Waals surface area contributed by atoms with Gasteiger partial charge in [0.05, 0.1) is 12.4 Å². The molecule has 30 heavy (non-hydrogen) atoms. The second kappa shape index (κ2) is 8.39. The van der Waals surface area contributed by atoms with Gasteiger partial charge in [0, 0.05) is 36.6 Å².